The van der Waals surface area contributed by atoms with Crippen molar-refractivity contribution in [3.05, 3.63) is 28.5 Å². The van der Waals surface area contributed by atoms with Crippen LogP contribution in [-0.4, -0.2) is 21.0 Å². The molecule has 0 radical (unpaired) electrons. The van der Waals surface area contributed by atoms with Crippen LogP contribution in [0.1, 0.15) is 24.2 Å². The molecule has 106 valence electrons. The minimum absolute atomic E-state index is 0.0778. The van der Waals surface area contributed by atoms with Crippen LogP contribution < -0.4 is 5.14 Å². The number of sulfonamides is 1. The highest BCUT2D eigenvalue weighted by Gasteiger charge is 2.21. The third-order valence-corrected chi connectivity index (χ3v) is 3.37. The van der Waals surface area contributed by atoms with E-state index in [2.05, 4.69) is 0 Å². The standard InChI is InChI=1S/C11H13ClFNO4S/c1-6(2)5-18-11(15)8-3-7(19(14,16)17)4-9(13)10(8)12/h3-4,6H,5H2,1-2H3,(H2,14,16,17). The molecule has 1 aromatic rings. The predicted molar refractivity (Wildman–Crippen MR) is 67.9 cm³/mol. The van der Waals surface area contributed by atoms with Crippen molar-refractivity contribution in [1.82, 2.24) is 0 Å². The molecule has 0 aliphatic carbocycles. The number of carbonyl (C=O) groups excluding carboxylic acids is 1. The van der Waals surface area contributed by atoms with E-state index in [4.69, 9.17) is 21.5 Å². The maximum atomic E-state index is 13.5. The molecule has 0 saturated carbocycles. The van der Waals surface area contributed by atoms with Crippen LogP contribution in [0.15, 0.2) is 17.0 Å². The third-order valence-electron chi connectivity index (χ3n) is 2.10. The Morgan fingerprint density at radius 2 is 2.05 bits per heavy atom. The summed E-state index contributed by atoms with van der Waals surface area (Å²) in [4.78, 5) is 11.2. The van der Waals surface area contributed by atoms with E-state index in [1.165, 1.54) is 0 Å². The number of nitrogens with two attached hydrogens (primary N) is 1. The predicted octanol–water partition coefficient (Wildman–Crippen LogP) is 1.94. The molecule has 1 aromatic carbocycles. The molecule has 2 N–H and O–H groups in total. The van der Waals surface area contributed by atoms with Gasteiger partial charge in [-0.1, -0.05) is 25.4 Å². The van der Waals surface area contributed by atoms with Crippen LogP contribution in [0.5, 0.6) is 0 Å². The van der Waals surface area contributed by atoms with Gasteiger partial charge in [-0.25, -0.2) is 22.7 Å². The molecule has 0 atom stereocenters. The van der Waals surface area contributed by atoms with Crippen molar-refractivity contribution in [2.75, 3.05) is 6.61 Å². The van der Waals surface area contributed by atoms with Crippen molar-refractivity contribution in [1.29, 1.82) is 0 Å². The van der Waals surface area contributed by atoms with Crippen LogP contribution in [0.2, 0.25) is 5.02 Å². The van der Waals surface area contributed by atoms with Gasteiger partial charge in [0.2, 0.25) is 10.0 Å². The fourth-order valence-corrected chi connectivity index (χ4v) is 1.93. The number of ether oxygens (including phenoxy) is 1. The van der Waals surface area contributed by atoms with Gasteiger partial charge in [0.25, 0.3) is 0 Å². The topological polar surface area (TPSA) is 86.5 Å². The Kier molecular flexibility index (Phi) is 4.89. The number of hydrogen-bond donors (Lipinski definition) is 1. The lowest BCUT2D eigenvalue weighted by Gasteiger charge is -2.10. The number of esters is 1. The van der Waals surface area contributed by atoms with Gasteiger partial charge in [0, 0.05) is 0 Å². The summed E-state index contributed by atoms with van der Waals surface area (Å²) in [6.45, 7) is 3.74. The quantitative estimate of drug-likeness (QED) is 0.861. The minimum Gasteiger partial charge on any atom is -0.462 e. The molecule has 0 aromatic heterocycles. The number of hydrogen-bond acceptors (Lipinski definition) is 4. The molecule has 19 heavy (non-hydrogen) atoms. The van der Waals surface area contributed by atoms with E-state index in [1.54, 1.807) is 0 Å². The smallest absolute Gasteiger partial charge is 0.339 e. The molecule has 0 fully saturated rings. The monoisotopic (exact) mass is 309 g/mol. The van der Waals surface area contributed by atoms with Gasteiger partial charge in [-0.2, -0.15) is 0 Å². The number of rotatable bonds is 4. The molecule has 0 heterocycles. The summed E-state index contributed by atoms with van der Waals surface area (Å²) < 4.78 is 40.6. The number of halogens is 2. The molecule has 0 saturated heterocycles. The lowest BCUT2D eigenvalue weighted by atomic mass is 10.2. The summed E-state index contributed by atoms with van der Waals surface area (Å²) in [6.07, 6.45) is 0. The maximum Gasteiger partial charge on any atom is 0.339 e. The van der Waals surface area contributed by atoms with Crippen molar-refractivity contribution in [2.24, 2.45) is 11.1 Å². The molecular formula is C11H13ClFNO4S. The van der Waals surface area contributed by atoms with Gasteiger partial charge in [0.1, 0.15) is 5.82 Å². The van der Waals surface area contributed by atoms with Crippen molar-refractivity contribution in [3.8, 4) is 0 Å². The Morgan fingerprint density at radius 1 is 1.47 bits per heavy atom. The zero-order valence-electron chi connectivity index (χ0n) is 10.3. The summed E-state index contributed by atoms with van der Waals surface area (Å²) in [5.74, 6) is -1.87. The first-order valence-corrected chi connectivity index (χ1v) is 7.24. The molecule has 8 heteroatoms. The molecule has 0 amide bonds. The molecule has 5 nitrogen and oxygen atoms in total. The van der Waals surface area contributed by atoms with E-state index >= 15 is 0 Å². The van der Waals surface area contributed by atoms with Crippen molar-refractivity contribution < 1.29 is 22.3 Å². The summed E-state index contributed by atoms with van der Waals surface area (Å²) in [5.41, 5.74) is -0.369. The Labute approximate surface area is 115 Å². The normalized spacial score (nSPS) is 11.7. The maximum absolute atomic E-state index is 13.5. The average molecular weight is 310 g/mol. The first-order chi connectivity index (χ1) is 8.62. The van der Waals surface area contributed by atoms with E-state index in [9.17, 15) is 17.6 Å². The first kappa shape index (κ1) is 15.9. The van der Waals surface area contributed by atoms with Crippen LogP contribution in [0, 0.1) is 11.7 Å². The highest BCUT2D eigenvalue weighted by molar-refractivity contribution is 7.89. The number of primary sulfonamides is 1. The largest absolute Gasteiger partial charge is 0.462 e. The summed E-state index contributed by atoms with van der Waals surface area (Å²) in [7, 11) is -4.14. The van der Waals surface area contributed by atoms with Crippen LogP contribution in [-0.2, 0) is 14.8 Å². The highest BCUT2D eigenvalue weighted by Crippen LogP contribution is 2.24. The number of carbonyl (C=O) groups is 1. The van der Waals surface area contributed by atoms with Gasteiger partial charge in [0.05, 0.1) is 22.1 Å². The van der Waals surface area contributed by atoms with E-state index in [1.807, 2.05) is 13.8 Å². The molecular weight excluding hydrogens is 297 g/mol. The highest BCUT2D eigenvalue weighted by atomic mass is 35.5. The molecule has 0 unspecified atom stereocenters. The van der Waals surface area contributed by atoms with Gasteiger partial charge in [-0.05, 0) is 18.1 Å². The van der Waals surface area contributed by atoms with Crippen molar-refractivity contribution in [2.45, 2.75) is 18.7 Å². The second-order valence-electron chi connectivity index (χ2n) is 4.30. The van der Waals surface area contributed by atoms with Crippen molar-refractivity contribution in [3.63, 3.8) is 0 Å². The molecule has 0 aliphatic heterocycles. The van der Waals surface area contributed by atoms with Crippen molar-refractivity contribution >= 4 is 27.6 Å². The zero-order valence-corrected chi connectivity index (χ0v) is 11.9. The van der Waals surface area contributed by atoms with Crippen LogP contribution >= 0.6 is 11.6 Å². The van der Waals surface area contributed by atoms with E-state index in [0.717, 1.165) is 6.07 Å². The Hall–Kier alpha value is -1.18. The second-order valence-corrected chi connectivity index (χ2v) is 6.24. The van der Waals surface area contributed by atoms with Gasteiger partial charge in [0.15, 0.2) is 0 Å². The third kappa shape index (κ3) is 4.15. The molecule has 0 aliphatic rings. The van der Waals surface area contributed by atoms with Gasteiger partial charge in [-0.15, -0.1) is 0 Å². The second kappa shape index (κ2) is 5.85. The van der Waals surface area contributed by atoms with Crippen LogP contribution in [0.25, 0.3) is 0 Å². The molecule has 1 rings (SSSR count). The SMILES string of the molecule is CC(C)COC(=O)c1cc(S(N)(=O)=O)cc(F)c1Cl. The lowest BCUT2D eigenvalue weighted by molar-refractivity contribution is 0.0458. The fraction of sp³-hybridized carbons (Fsp3) is 0.364. The lowest BCUT2D eigenvalue weighted by Crippen LogP contribution is -2.16. The zero-order chi connectivity index (χ0) is 14.8. The Balaban J connectivity index is 3.20. The first-order valence-electron chi connectivity index (χ1n) is 5.32. The van der Waals surface area contributed by atoms with Gasteiger partial charge < -0.3 is 4.74 Å². The van der Waals surface area contributed by atoms with E-state index in [0.29, 0.717) is 6.07 Å². The van der Waals surface area contributed by atoms with Crippen LogP contribution in [0.3, 0.4) is 0 Å². The average Bonchev–Trinajstić information content (AvgIpc) is 2.27. The van der Waals surface area contributed by atoms with Crippen LogP contribution in [0.4, 0.5) is 4.39 Å². The Bertz CT molecular complexity index is 601. The Morgan fingerprint density at radius 3 is 2.53 bits per heavy atom. The molecule has 0 spiro atoms. The minimum atomic E-state index is -4.14. The number of benzene rings is 1. The van der Waals surface area contributed by atoms with Gasteiger partial charge in [-0.3, -0.25) is 0 Å². The summed E-state index contributed by atoms with van der Waals surface area (Å²) >= 11 is 5.61. The fourth-order valence-electron chi connectivity index (χ4n) is 1.20. The summed E-state index contributed by atoms with van der Waals surface area (Å²) in [5, 5.41) is 4.38. The van der Waals surface area contributed by atoms with E-state index < -0.39 is 31.7 Å². The molecule has 0 bridgehead atoms. The van der Waals surface area contributed by atoms with Gasteiger partial charge >= 0.3 is 5.97 Å². The summed E-state index contributed by atoms with van der Waals surface area (Å²) in [6, 6.07) is 1.54. The van der Waals surface area contributed by atoms with E-state index in [-0.39, 0.29) is 18.1 Å².